The molecular weight excluding hydrogens is 370 g/mol. The maximum Gasteiger partial charge on any atom is 0.224 e. The van der Waals surface area contributed by atoms with Gasteiger partial charge in [-0.1, -0.05) is 54.6 Å². The van der Waals surface area contributed by atoms with Crippen molar-refractivity contribution in [2.24, 2.45) is 0 Å². The third-order valence-corrected chi connectivity index (χ3v) is 5.28. The summed E-state index contributed by atoms with van der Waals surface area (Å²) in [5.74, 6) is 0.837. The van der Waals surface area contributed by atoms with E-state index in [1.807, 2.05) is 66.7 Å². The second-order valence-corrected chi connectivity index (χ2v) is 7.41. The van der Waals surface area contributed by atoms with E-state index in [0.29, 0.717) is 6.42 Å². The van der Waals surface area contributed by atoms with Gasteiger partial charge in [-0.2, -0.15) is 0 Å². The SMILES string of the molecule is O=C(CCc1ccccc1)Nc1ccc(-c2nc3cc4ccccc4cc3[nH]2)cc1. The number of carbonyl (C=O) groups excluding carboxylic acids is 1. The standard InChI is InChI=1S/C26H21N3O/c30-25(15-10-18-6-2-1-3-7-18)27-22-13-11-19(12-14-22)26-28-23-16-20-8-4-5-9-21(20)17-24(23)29-26/h1-9,11-14,16-17H,10,15H2,(H,27,30)(H,28,29). The van der Waals surface area contributed by atoms with Gasteiger partial charge in [0.25, 0.3) is 0 Å². The Morgan fingerprint density at radius 2 is 1.53 bits per heavy atom. The van der Waals surface area contributed by atoms with Crippen molar-refractivity contribution in [2.45, 2.75) is 12.8 Å². The molecule has 4 aromatic carbocycles. The molecule has 0 aliphatic heterocycles. The Balaban J connectivity index is 1.29. The number of rotatable bonds is 5. The van der Waals surface area contributed by atoms with Gasteiger partial charge in [0.1, 0.15) is 5.82 Å². The molecule has 146 valence electrons. The number of nitrogens with zero attached hydrogens (tertiary/aromatic N) is 1. The number of amides is 1. The highest BCUT2D eigenvalue weighted by Gasteiger charge is 2.08. The van der Waals surface area contributed by atoms with Crippen molar-refractivity contribution in [3.63, 3.8) is 0 Å². The average molecular weight is 391 g/mol. The van der Waals surface area contributed by atoms with Crippen molar-refractivity contribution >= 4 is 33.4 Å². The van der Waals surface area contributed by atoms with Crippen LogP contribution in [0.1, 0.15) is 12.0 Å². The summed E-state index contributed by atoms with van der Waals surface area (Å²) in [6, 6.07) is 30.3. The number of anilines is 1. The van der Waals surface area contributed by atoms with Crippen molar-refractivity contribution in [1.82, 2.24) is 9.97 Å². The molecule has 0 fully saturated rings. The molecule has 1 aromatic heterocycles. The molecule has 30 heavy (non-hydrogen) atoms. The zero-order valence-corrected chi connectivity index (χ0v) is 16.4. The van der Waals surface area contributed by atoms with Crippen LogP contribution in [0.5, 0.6) is 0 Å². The molecule has 0 atom stereocenters. The summed E-state index contributed by atoms with van der Waals surface area (Å²) in [7, 11) is 0. The summed E-state index contributed by atoms with van der Waals surface area (Å²) in [6.45, 7) is 0. The van der Waals surface area contributed by atoms with Gasteiger partial charge in [-0.05, 0) is 59.2 Å². The van der Waals surface area contributed by atoms with Gasteiger partial charge in [0.2, 0.25) is 5.91 Å². The summed E-state index contributed by atoms with van der Waals surface area (Å²) in [4.78, 5) is 20.4. The van der Waals surface area contributed by atoms with Crippen LogP contribution in [0.25, 0.3) is 33.2 Å². The van der Waals surface area contributed by atoms with E-state index >= 15 is 0 Å². The van der Waals surface area contributed by atoms with Crippen LogP contribution in [0.4, 0.5) is 5.69 Å². The van der Waals surface area contributed by atoms with Crippen molar-refractivity contribution in [1.29, 1.82) is 0 Å². The fourth-order valence-electron chi connectivity index (χ4n) is 3.67. The molecule has 2 N–H and O–H groups in total. The predicted molar refractivity (Wildman–Crippen MR) is 122 cm³/mol. The minimum atomic E-state index is 0.0158. The van der Waals surface area contributed by atoms with E-state index in [2.05, 4.69) is 34.6 Å². The molecular formula is C26H21N3O. The van der Waals surface area contributed by atoms with E-state index in [1.54, 1.807) is 0 Å². The maximum absolute atomic E-state index is 12.2. The van der Waals surface area contributed by atoms with E-state index < -0.39 is 0 Å². The van der Waals surface area contributed by atoms with Crippen molar-refractivity contribution in [3.05, 3.63) is 96.6 Å². The zero-order chi connectivity index (χ0) is 20.3. The summed E-state index contributed by atoms with van der Waals surface area (Å²) < 4.78 is 0. The summed E-state index contributed by atoms with van der Waals surface area (Å²) in [6.07, 6.45) is 1.20. The highest BCUT2D eigenvalue weighted by atomic mass is 16.1. The average Bonchev–Trinajstić information content (AvgIpc) is 3.20. The first kappa shape index (κ1) is 18.1. The fourth-order valence-corrected chi connectivity index (χ4v) is 3.67. The number of benzene rings is 4. The van der Waals surface area contributed by atoms with Crippen LogP contribution in [0.2, 0.25) is 0 Å². The van der Waals surface area contributed by atoms with Gasteiger partial charge in [-0.25, -0.2) is 4.98 Å². The molecule has 0 spiro atoms. The minimum absolute atomic E-state index is 0.0158. The molecule has 5 aromatic rings. The smallest absolute Gasteiger partial charge is 0.224 e. The lowest BCUT2D eigenvalue weighted by Crippen LogP contribution is -2.12. The van der Waals surface area contributed by atoms with Gasteiger partial charge in [-0.3, -0.25) is 4.79 Å². The van der Waals surface area contributed by atoms with Gasteiger partial charge in [-0.15, -0.1) is 0 Å². The number of hydrogen-bond acceptors (Lipinski definition) is 2. The first-order valence-electron chi connectivity index (χ1n) is 10.1. The lowest BCUT2D eigenvalue weighted by Gasteiger charge is -2.06. The Morgan fingerprint density at radius 3 is 2.30 bits per heavy atom. The third kappa shape index (κ3) is 3.80. The number of fused-ring (bicyclic) bond motifs is 2. The number of hydrogen-bond donors (Lipinski definition) is 2. The Kier molecular flexibility index (Phi) is 4.74. The maximum atomic E-state index is 12.2. The number of aromatic amines is 1. The molecule has 0 saturated carbocycles. The number of nitrogens with one attached hydrogen (secondary N) is 2. The van der Waals surface area contributed by atoms with Crippen LogP contribution in [0.3, 0.4) is 0 Å². The highest BCUT2D eigenvalue weighted by Crippen LogP contribution is 2.25. The molecule has 0 radical (unpaired) electrons. The number of carbonyl (C=O) groups is 1. The monoisotopic (exact) mass is 391 g/mol. The van der Waals surface area contributed by atoms with Crippen molar-refractivity contribution in [3.8, 4) is 11.4 Å². The van der Waals surface area contributed by atoms with Crippen LogP contribution in [-0.2, 0) is 11.2 Å². The quantitative estimate of drug-likeness (QED) is 0.389. The Labute approximate surface area is 174 Å². The largest absolute Gasteiger partial charge is 0.338 e. The molecule has 1 heterocycles. The van der Waals surface area contributed by atoms with Crippen LogP contribution in [0, 0.1) is 0 Å². The summed E-state index contributed by atoms with van der Waals surface area (Å²) in [5, 5.41) is 5.34. The van der Waals surface area contributed by atoms with Crippen molar-refractivity contribution < 1.29 is 4.79 Å². The molecule has 1 amide bonds. The highest BCUT2D eigenvalue weighted by molar-refractivity contribution is 5.96. The number of H-pyrrole nitrogens is 1. The number of imidazole rings is 1. The minimum Gasteiger partial charge on any atom is -0.338 e. The van der Waals surface area contributed by atoms with Gasteiger partial charge < -0.3 is 10.3 Å². The lowest BCUT2D eigenvalue weighted by molar-refractivity contribution is -0.116. The van der Waals surface area contributed by atoms with Crippen molar-refractivity contribution in [2.75, 3.05) is 5.32 Å². The topological polar surface area (TPSA) is 57.8 Å². The predicted octanol–water partition coefficient (Wildman–Crippen LogP) is 5.95. The number of aromatic nitrogens is 2. The first-order chi connectivity index (χ1) is 14.7. The molecule has 0 aliphatic carbocycles. The fraction of sp³-hybridized carbons (Fsp3) is 0.0769. The van der Waals surface area contributed by atoms with Crippen LogP contribution in [0.15, 0.2) is 91.0 Å². The van der Waals surface area contributed by atoms with E-state index in [9.17, 15) is 4.79 Å². The third-order valence-electron chi connectivity index (χ3n) is 5.28. The Hall–Kier alpha value is -3.92. The van der Waals surface area contributed by atoms with Gasteiger partial charge in [0, 0.05) is 17.7 Å². The van der Waals surface area contributed by atoms with Crippen LogP contribution >= 0.6 is 0 Å². The second-order valence-electron chi connectivity index (χ2n) is 7.41. The van der Waals surface area contributed by atoms with E-state index in [4.69, 9.17) is 4.98 Å². The first-order valence-corrected chi connectivity index (χ1v) is 10.1. The zero-order valence-electron chi connectivity index (χ0n) is 16.4. The molecule has 5 rings (SSSR count). The molecule has 4 nitrogen and oxygen atoms in total. The molecule has 0 aliphatic rings. The Morgan fingerprint density at radius 1 is 0.833 bits per heavy atom. The lowest BCUT2D eigenvalue weighted by atomic mass is 10.1. The molecule has 0 unspecified atom stereocenters. The molecule has 0 bridgehead atoms. The van der Waals surface area contributed by atoms with E-state index in [-0.39, 0.29) is 5.91 Å². The van der Waals surface area contributed by atoms with Crippen LogP contribution in [-0.4, -0.2) is 15.9 Å². The van der Waals surface area contributed by atoms with Gasteiger partial charge >= 0.3 is 0 Å². The summed E-state index contributed by atoms with van der Waals surface area (Å²) in [5.41, 5.74) is 4.90. The van der Waals surface area contributed by atoms with Gasteiger partial charge in [0.05, 0.1) is 11.0 Å². The Bertz CT molecular complexity index is 1270. The molecule has 4 heteroatoms. The second kappa shape index (κ2) is 7.84. The van der Waals surface area contributed by atoms with E-state index in [1.165, 1.54) is 16.3 Å². The number of aryl methyl sites for hydroxylation is 1. The molecule has 0 saturated heterocycles. The normalized spacial score (nSPS) is 11.1. The van der Waals surface area contributed by atoms with Gasteiger partial charge in [0.15, 0.2) is 0 Å². The van der Waals surface area contributed by atoms with Crippen LogP contribution < -0.4 is 5.32 Å². The van der Waals surface area contributed by atoms with E-state index in [0.717, 1.165) is 34.5 Å². The summed E-state index contributed by atoms with van der Waals surface area (Å²) >= 11 is 0.